The van der Waals surface area contributed by atoms with Gasteiger partial charge in [-0.3, -0.25) is 9.69 Å². The summed E-state index contributed by atoms with van der Waals surface area (Å²) in [5.74, 6) is 1.34. The SMILES string of the molecule is CCCN(CC(=O)Nc1ccc(Oc2ccccc2Cl)cc1)C1CCS(=O)(=O)C1. The molecule has 8 heteroatoms. The average Bonchev–Trinajstić information content (AvgIpc) is 3.04. The molecule has 1 unspecified atom stereocenters. The van der Waals surface area contributed by atoms with Crippen molar-refractivity contribution in [3.63, 3.8) is 0 Å². The first-order valence-corrected chi connectivity index (χ1v) is 11.8. The summed E-state index contributed by atoms with van der Waals surface area (Å²) in [6, 6.07) is 14.1. The van der Waals surface area contributed by atoms with Gasteiger partial charge in [-0.25, -0.2) is 8.42 Å². The van der Waals surface area contributed by atoms with Crippen LogP contribution >= 0.6 is 11.6 Å². The van der Waals surface area contributed by atoms with Gasteiger partial charge in [0, 0.05) is 11.7 Å². The number of amides is 1. The lowest BCUT2D eigenvalue weighted by Crippen LogP contribution is -2.42. The van der Waals surface area contributed by atoms with Crippen LogP contribution in [0.15, 0.2) is 48.5 Å². The van der Waals surface area contributed by atoms with Gasteiger partial charge in [0.15, 0.2) is 9.84 Å². The number of benzene rings is 2. The maximum atomic E-state index is 12.5. The number of nitrogens with zero attached hydrogens (tertiary/aromatic N) is 1. The third kappa shape index (κ3) is 6.19. The van der Waals surface area contributed by atoms with Gasteiger partial charge in [0.2, 0.25) is 5.91 Å². The summed E-state index contributed by atoms with van der Waals surface area (Å²) in [5, 5.41) is 3.39. The highest BCUT2D eigenvalue weighted by Crippen LogP contribution is 2.29. The molecule has 1 N–H and O–H groups in total. The Bertz CT molecular complexity index is 947. The van der Waals surface area contributed by atoms with Gasteiger partial charge < -0.3 is 10.1 Å². The van der Waals surface area contributed by atoms with Gasteiger partial charge in [-0.15, -0.1) is 0 Å². The van der Waals surface area contributed by atoms with Gasteiger partial charge in [-0.2, -0.15) is 0 Å². The van der Waals surface area contributed by atoms with E-state index in [2.05, 4.69) is 5.32 Å². The zero-order valence-corrected chi connectivity index (χ0v) is 17.9. The first-order chi connectivity index (χ1) is 13.9. The molecule has 1 amide bonds. The molecule has 1 aliphatic heterocycles. The molecule has 0 aliphatic carbocycles. The number of para-hydroxylation sites is 1. The first-order valence-electron chi connectivity index (χ1n) is 9.63. The second-order valence-electron chi connectivity index (χ2n) is 7.13. The number of hydrogen-bond acceptors (Lipinski definition) is 5. The van der Waals surface area contributed by atoms with Crippen molar-refractivity contribution >= 4 is 33.0 Å². The molecular formula is C21H25ClN2O4S. The number of nitrogens with one attached hydrogen (secondary N) is 1. The highest BCUT2D eigenvalue weighted by Gasteiger charge is 2.32. The smallest absolute Gasteiger partial charge is 0.238 e. The average molecular weight is 437 g/mol. The Hall–Kier alpha value is -2.09. The monoisotopic (exact) mass is 436 g/mol. The summed E-state index contributed by atoms with van der Waals surface area (Å²) in [4.78, 5) is 14.5. The summed E-state index contributed by atoms with van der Waals surface area (Å²) in [6.07, 6.45) is 1.45. The van der Waals surface area contributed by atoms with Gasteiger partial charge in [-0.1, -0.05) is 30.7 Å². The fourth-order valence-corrected chi connectivity index (χ4v) is 5.32. The van der Waals surface area contributed by atoms with Gasteiger partial charge in [0.1, 0.15) is 11.5 Å². The summed E-state index contributed by atoms with van der Waals surface area (Å²) < 4.78 is 29.3. The van der Waals surface area contributed by atoms with Crippen LogP contribution in [-0.4, -0.2) is 49.9 Å². The molecule has 0 spiro atoms. The highest BCUT2D eigenvalue weighted by atomic mass is 35.5. The largest absolute Gasteiger partial charge is 0.456 e. The molecule has 0 saturated carbocycles. The molecule has 0 aromatic heterocycles. The van der Waals surface area contributed by atoms with Crippen LogP contribution in [-0.2, 0) is 14.6 Å². The van der Waals surface area contributed by atoms with Crippen LogP contribution in [0.2, 0.25) is 5.02 Å². The molecule has 1 aliphatic rings. The van der Waals surface area contributed by atoms with E-state index in [4.69, 9.17) is 16.3 Å². The minimum absolute atomic E-state index is 0.0860. The van der Waals surface area contributed by atoms with Gasteiger partial charge in [-0.05, 0) is 55.8 Å². The molecule has 0 radical (unpaired) electrons. The van der Waals surface area contributed by atoms with E-state index in [0.717, 1.165) is 6.42 Å². The Morgan fingerprint density at radius 2 is 1.93 bits per heavy atom. The first kappa shape index (κ1) is 21.6. The lowest BCUT2D eigenvalue weighted by molar-refractivity contribution is -0.117. The second kappa shape index (κ2) is 9.61. The quantitative estimate of drug-likeness (QED) is 0.677. The van der Waals surface area contributed by atoms with Crippen LogP contribution in [0.3, 0.4) is 0 Å². The van der Waals surface area contributed by atoms with Gasteiger partial charge in [0.05, 0.1) is 23.1 Å². The van der Waals surface area contributed by atoms with Crippen molar-refractivity contribution in [2.75, 3.05) is 29.9 Å². The number of anilines is 1. The Balaban J connectivity index is 1.57. The van der Waals surface area contributed by atoms with Crippen molar-refractivity contribution in [3.05, 3.63) is 53.6 Å². The minimum atomic E-state index is -2.98. The van der Waals surface area contributed by atoms with E-state index in [9.17, 15) is 13.2 Å². The van der Waals surface area contributed by atoms with Gasteiger partial charge >= 0.3 is 0 Å². The van der Waals surface area contributed by atoms with Crippen LogP contribution in [0.1, 0.15) is 19.8 Å². The molecule has 1 saturated heterocycles. The minimum Gasteiger partial charge on any atom is -0.456 e. The fraction of sp³-hybridized carbons (Fsp3) is 0.381. The number of ether oxygens (including phenoxy) is 1. The molecule has 6 nitrogen and oxygen atoms in total. The predicted octanol–water partition coefficient (Wildman–Crippen LogP) is 3.97. The van der Waals surface area contributed by atoms with Crippen LogP contribution in [0.25, 0.3) is 0 Å². The molecule has 156 valence electrons. The standard InChI is InChI=1S/C21H25ClN2O4S/c1-2-12-24(17-11-13-29(26,27)15-17)14-21(25)23-16-7-9-18(10-8-16)28-20-6-4-3-5-19(20)22/h3-10,17H,2,11-15H2,1H3,(H,23,25). The third-order valence-electron chi connectivity index (χ3n) is 4.78. The third-order valence-corrected chi connectivity index (χ3v) is 6.85. The molecule has 1 fully saturated rings. The van der Waals surface area contributed by atoms with Crippen molar-refractivity contribution in [1.29, 1.82) is 0 Å². The van der Waals surface area contributed by atoms with E-state index in [1.54, 1.807) is 36.4 Å². The highest BCUT2D eigenvalue weighted by molar-refractivity contribution is 7.91. The zero-order chi connectivity index (χ0) is 20.9. The van der Waals surface area contributed by atoms with Crippen molar-refractivity contribution in [2.24, 2.45) is 0 Å². The summed E-state index contributed by atoms with van der Waals surface area (Å²) in [7, 11) is -2.98. The van der Waals surface area contributed by atoms with Crippen LogP contribution in [0.5, 0.6) is 11.5 Å². The van der Waals surface area contributed by atoms with E-state index < -0.39 is 9.84 Å². The maximum absolute atomic E-state index is 12.5. The van der Waals surface area contributed by atoms with Crippen molar-refractivity contribution in [1.82, 2.24) is 4.90 Å². The van der Waals surface area contributed by atoms with Crippen molar-refractivity contribution in [2.45, 2.75) is 25.8 Å². The normalized spacial score (nSPS) is 18.0. The Labute approximate surface area is 176 Å². The summed E-state index contributed by atoms with van der Waals surface area (Å²) in [6.45, 7) is 2.89. The molecule has 0 bridgehead atoms. The molecule has 1 atom stereocenters. The summed E-state index contributed by atoms with van der Waals surface area (Å²) >= 11 is 6.10. The van der Waals surface area contributed by atoms with Gasteiger partial charge in [0.25, 0.3) is 0 Å². The lowest BCUT2D eigenvalue weighted by atomic mass is 10.2. The Morgan fingerprint density at radius 3 is 2.55 bits per heavy atom. The van der Waals surface area contributed by atoms with Crippen LogP contribution < -0.4 is 10.1 Å². The Kier molecular flexibility index (Phi) is 7.16. The van der Waals surface area contributed by atoms with E-state index in [1.807, 2.05) is 24.0 Å². The van der Waals surface area contributed by atoms with Crippen molar-refractivity contribution in [3.8, 4) is 11.5 Å². The predicted molar refractivity (Wildman–Crippen MR) is 116 cm³/mol. The van der Waals surface area contributed by atoms with E-state index in [1.165, 1.54) is 0 Å². The number of hydrogen-bond donors (Lipinski definition) is 1. The number of carbonyl (C=O) groups excluding carboxylic acids is 1. The molecule has 3 rings (SSSR count). The zero-order valence-electron chi connectivity index (χ0n) is 16.3. The summed E-state index contributed by atoms with van der Waals surface area (Å²) in [5.41, 5.74) is 0.650. The van der Waals surface area contributed by atoms with E-state index in [0.29, 0.717) is 35.2 Å². The topological polar surface area (TPSA) is 75.7 Å². The number of carbonyl (C=O) groups is 1. The molecule has 2 aromatic rings. The second-order valence-corrected chi connectivity index (χ2v) is 9.77. The Morgan fingerprint density at radius 1 is 1.21 bits per heavy atom. The molecule has 29 heavy (non-hydrogen) atoms. The number of sulfone groups is 1. The van der Waals surface area contributed by atoms with Crippen LogP contribution in [0, 0.1) is 0 Å². The lowest BCUT2D eigenvalue weighted by Gasteiger charge is -2.26. The molecule has 2 aromatic carbocycles. The van der Waals surface area contributed by atoms with Crippen LogP contribution in [0.4, 0.5) is 5.69 Å². The number of halogens is 1. The molecule has 1 heterocycles. The molecular weight excluding hydrogens is 412 g/mol. The maximum Gasteiger partial charge on any atom is 0.238 e. The van der Waals surface area contributed by atoms with E-state index >= 15 is 0 Å². The fourth-order valence-electron chi connectivity index (χ4n) is 3.39. The number of rotatable bonds is 8. The van der Waals surface area contributed by atoms with Crippen molar-refractivity contribution < 1.29 is 17.9 Å². The van der Waals surface area contributed by atoms with E-state index in [-0.39, 0.29) is 30.0 Å².